The Morgan fingerprint density at radius 2 is 2.42 bits per heavy atom. The van der Waals surface area contributed by atoms with E-state index in [-0.39, 0.29) is 12.1 Å². The molecule has 1 aliphatic rings. The Balaban J connectivity index is 2.43. The van der Waals surface area contributed by atoms with Crippen molar-refractivity contribution in [2.24, 2.45) is 5.73 Å². The van der Waals surface area contributed by atoms with Crippen LogP contribution in [0.15, 0.2) is 0 Å². The second kappa shape index (κ2) is 3.76. The average Bonchev–Trinajstić information content (AvgIpc) is 2.49. The van der Waals surface area contributed by atoms with Crippen molar-refractivity contribution in [1.82, 2.24) is 9.80 Å². The largest absolute Gasteiger partial charge is 0.328 e. The van der Waals surface area contributed by atoms with E-state index in [0.717, 1.165) is 19.5 Å². The summed E-state index contributed by atoms with van der Waals surface area (Å²) in [6.07, 6.45) is 0.934. The fourth-order valence-electron chi connectivity index (χ4n) is 1.34. The third kappa shape index (κ3) is 1.88. The van der Waals surface area contributed by atoms with Gasteiger partial charge in [-0.25, -0.2) is 4.79 Å². The summed E-state index contributed by atoms with van der Waals surface area (Å²) in [6.45, 7) is 4.24. The van der Waals surface area contributed by atoms with Gasteiger partial charge in [0.25, 0.3) is 0 Å². The molecule has 1 aliphatic heterocycles. The second-order valence-corrected chi connectivity index (χ2v) is 3.29. The SMILES string of the molecule is CCN(C)C(=O)N1CCC(N)C1. The number of urea groups is 1. The maximum Gasteiger partial charge on any atom is 0.319 e. The van der Waals surface area contributed by atoms with Crippen LogP contribution in [-0.4, -0.2) is 48.6 Å². The first-order chi connectivity index (χ1) is 5.65. The Hall–Kier alpha value is -0.770. The molecule has 1 saturated heterocycles. The third-order valence-electron chi connectivity index (χ3n) is 2.30. The predicted molar refractivity (Wildman–Crippen MR) is 47.9 cm³/mol. The molecule has 0 saturated carbocycles. The van der Waals surface area contributed by atoms with Crippen molar-refractivity contribution >= 4 is 6.03 Å². The Labute approximate surface area is 73.3 Å². The molecule has 0 aromatic carbocycles. The van der Waals surface area contributed by atoms with E-state index < -0.39 is 0 Å². The standard InChI is InChI=1S/C8H17N3O/c1-3-10(2)8(12)11-5-4-7(9)6-11/h7H,3-6,9H2,1-2H3. The quantitative estimate of drug-likeness (QED) is 0.608. The van der Waals surface area contributed by atoms with E-state index in [0.29, 0.717) is 6.54 Å². The highest BCUT2D eigenvalue weighted by Crippen LogP contribution is 2.08. The van der Waals surface area contributed by atoms with Gasteiger partial charge in [0.1, 0.15) is 0 Å². The summed E-state index contributed by atoms with van der Waals surface area (Å²) >= 11 is 0. The number of nitrogens with zero attached hydrogens (tertiary/aromatic N) is 2. The average molecular weight is 171 g/mol. The van der Waals surface area contributed by atoms with Gasteiger partial charge >= 0.3 is 6.03 Å². The molecule has 1 fully saturated rings. The minimum atomic E-state index is 0.102. The molecule has 0 aromatic rings. The highest BCUT2D eigenvalue weighted by molar-refractivity contribution is 5.74. The van der Waals surface area contributed by atoms with E-state index >= 15 is 0 Å². The second-order valence-electron chi connectivity index (χ2n) is 3.29. The minimum Gasteiger partial charge on any atom is -0.328 e. The topological polar surface area (TPSA) is 49.6 Å². The highest BCUT2D eigenvalue weighted by Gasteiger charge is 2.24. The van der Waals surface area contributed by atoms with Crippen LogP contribution in [0.3, 0.4) is 0 Å². The zero-order valence-corrected chi connectivity index (χ0v) is 7.79. The van der Waals surface area contributed by atoms with E-state index in [9.17, 15) is 4.79 Å². The summed E-state index contributed by atoms with van der Waals surface area (Å²) in [5.74, 6) is 0. The molecule has 70 valence electrons. The van der Waals surface area contributed by atoms with Crippen LogP contribution in [0, 0.1) is 0 Å². The molecule has 4 heteroatoms. The molecule has 1 rings (SSSR count). The van der Waals surface area contributed by atoms with Crippen LogP contribution < -0.4 is 5.73 Å². The summed E-state index contributed by atoms with van der Waals surface area (Å²) in [4.78, 5) is 15.0. The molecule has 0 spiro atoms. The molecule has 0 radical (unpaired) electrons. The predicted octanol–water partition coefficient (Wildman–Crippen LogP) is 0.0911. The zero-order chi connectivity index (χ0) is 9.14. The van der Waals surface area contributed by atoms with Crippen molar-refractivity contribution in [3.63, 3.8) is 0 Å². The molecule has 1 heterocycles. The molecule has 2 N–H and O–H groups in total. The molecular weight excluding hydrogens is 154 g/mol. The molecule has 0 aliphatic carbocycles. The van der Waals surface area contributed by atoms with E-state index in [1.54, 1.807) is 4.90 Å². The van der Waals surface area contributed by atoms with Gasteiger partial charge in [0.15, 0.2) is 0 Å². The number of likely N-dealkylation sites (tertiary alicyclic amines) is 1. The van der Waals surface area contributed by atoms with Crippen molar-refractivity contribution in [3.05, 3.63) is 0 Å². The molecule has 12 heavy (non-hydrogen) atoms. The highest BCUT2D eigenvalue weighted by atomic mass is 16.2. The molecule has 2 amide bonds. The fourth-order valence-corrected chi connectivity index (χ4v) is 1.34. The first-order valence-electron chi connectivity index (χ1n) is 4.40. The van der Waals surface area contributed by atoms with Crippen LogP contribution in [0.5, 0.6) is 0 Å². The van der Waals surface area contributed by atoms with Gasteiger partial charge in [0.05, 0.1) is 0 Å². The smallest absolute Gasteiger partial charge is 0.319 e. The van der Waals surface area contributed by atoms with Crippen LogP contribution in [0.4, 0.5) is 4.79 Å². The Bertz CT molecular complexity index is 172. The molecule has 0 aromatic heterocycles. The van der Waals surface area contributed by atoms with Gasteiger partial charge in [-0.3, -0.25) is 0 Å². The van der Waals surface area contributed by atoms with Crippen LogP contribution >= 0.6 is 0 Å². The Morgan fingerprint density at radius 1 is 1.75 bits per heavy atom. The van der Waals surface area contributed by atoms with E-state index in [1.807, 2.05) is 18.9 Å². The fraction of sp³-hybridized carbons (Fsp3) is 0.875. The molecule has 1 atom stereocenters. The molecule has 1 unspecified atom stereocenters. The lowest BCUT2D eigenvalue weighted by Gasteiger charge is -2.22. The molecular formula is C8H17N3O. The maximum absolute atomic E-state index is 11.5. The number of nitrogens with two attached hydrogens (primary N) is 1. The first kappa shape index (κ1) is 9.32. The van der Waals surface area contributed by atoms with Crippen molar-refractivity contribution < 1.29 is 4.79 Å². The van der Waals surface area contributed by atoms with Crippen LogP contribution in [-0.2, 0) is 0 Å². The van der Waals surface area contributed by atoms with Gasteiger partial charge in [0, 0.05) is 32.7 Å². The van der Waals surface area contributed by atoms with Crippen LogP contribution in [0.25, 0.3) is 0 Å². The summed E-state index contributed by atoms with van der Waals surface area (Å²) in [5.41, 5.74) is 5.69. The third-order valence-corrected chi connectivity index (χ3v) is 2.30. The van der Waals surface area contributed by atoms with E-state index in [2.05, 4.69) is 0 Å². The van der Waals surface area contributed by atoms with Crippen molar-refractivity contribution in [1.29, 1.82) is 0 Å². The zero-order valence-electron chi connectivity index (χ0n) is 7.79. The van der Waals surface area contributed by atoms with Gasteiger partial charge in [-0.05, 0) is 13.3 Å². The van der Waals surface area contributed by atoms with Crippen molar-refractivity contribution in [3.8, 4) is 0 Å². The van der Waals surface area contributed by atoms with Gasteiger partial charge < -0.3 is 15.5 Å². The van der Waals surface area contributed by atoms with Crippen molar-refractivity contribution in [2.45, 2.75) is 19.4 Å². The molecule has 4 nitrogen and oxygen atoms in total. The number of hydrogen-bond donors (Lipinski definition) is 1. The normalized spacial score (nSPS) is 22.9. The maximum atomic E-state index is 11.5. The lowest BCUT2D eigenvalue weighted by atomic mass is 10.3. The Morgan fingerprint density at radius 3 is 2.83 bits per heavy atom. The summed E-state index contributed by atoms with van der Waals surface area (Å²) < 4.78 is 0. The lowest BCUT2D eigenvalue weighted by Crippen LogP contribution is -2.40. The number of rotatable bonds is 1. The van der Waals surface area contributed by atoms with Gasteiger partial charge in [-0.2, -0.15) is 0 Å². The van der Waals surface area contributed by atoms with Crippen LogP contribution in [0.1, 0.15) is 13.3 Å². The lowest BCUT2D eigenvalue weighted by molar-refractivity contribution is 0.175. The van der Waals surface area contributed by atoms with E-state index in [4.69, 9.17) is 5.73 Å². The van der Waals surface area contributed by atoms with Gasteiger partial charge in [-0.1, -0.05) is 0 Å². The van der Waals surface area contributed by atoms with Crippen molar-refractivity contribution in [2.75, 3.05) is 26.7 Å². The number of carbonyl (C=O) groups is 1. The summed E-state index contributed by atoms with van der Waals surface area (Å²) in [7, 11) is 1.81. The first-order valence-corrected chi connectivity index (χ1v) is 4.40. The number of amides is 2. The van der Waals surface area contributed by atoms with E-state index in [1.165, 1.54) is 0 Å². The number of hydrogen-bond acceptors (Lipinski definition) is 2. The van der Waals surface area contributed by atoms with Gasteiger partial charge in [0.2, 0.25) is 0 Å². The molecule has 0 bridgehead atoms. The summed E-state index contributed by atoms with van der Waals surface area (Å²) in [5, 5.41) is 0. The minimum absolute atomic E-state index is 0.102. The van der Waals surface area contributed by atoms with Crippen LogP contribution in [0.2, 0.25) is 0 Å². The number of carbonyl (C=O) groups excluding carboxylic acids is 1. The summed E-state index contributed by atoms with van der Waals surface area (Å²) in [6, 6.07) is 0.282. The monoisotopic (exact) mass is 171 g/mol. The van der Waals surface area contributed by atoms with Gasteiger partial charge in [-0.15, -0.1) is 0 Å². The Kier molecular flexibility index (Phi) is 2.92.